The van der Waals surface area contributed by atoms with Crippen LogP contribution in [-0.2, 0) is 16.0 Å². The van der Waals surface area contributed by atoms with Gasteiger partial charge in [0, 0.05) is 57.2 Å². The van der Waals surface area contributed by atoms with Crippen molar-refractivity contribution < 1.29 is 18.3 Å². The van der Waals surface area contributed by atoms with Crippen LogP contribution >= 0.6 is 0 Å². The van der Waals surface area contributed by atoms with Crippen LogP contribution in [0.3, 0.4) is 0 Å². The van der Waals surface area contributed by atoms with E-state index in [-0.39, 0.29) is 23.6 Å². The molecule has 7 rings (SSSR count). The number of imidazole rings is 1. The highest BCUT2D eigenvalue weighted by Gasteiger charge is 2.33. The van der Waals surface area contributed by atoms with E-state index in [4.69, 9.17) is 19.7 Å². The number of piperazine rings is 1. The van der Waals surface area contributed by atoms with Crippen LogP contribution in [0, 0.1) is 23.5 Å². The largest absolute Gasteiger partial charge is 0.377 e. The van der Waals surface area contributed by atoms with Crippen molar-refractivity contribution in [3.05, 3.63) is 41.9 Å². The number of anilines is 2. The Balaban J connectivity index is 1.03. The van der Waals surface area contributed by atoms with Crippen LogP contribution in [0.4, 0.5) is 20.4 Å². The SMILES string of the molecule is CN1CCN(C(=O)C2CCC(n3c(Nc4ccc(F)cc4F)nc4cnc(CC5CCC(OCCN6CCCCC6)CC5)nc43)CC2)CC1. The van der Waals surface area contributed by atoms with E-state index in [9.17, 15) is 13.6 Å². The maximum atomic E-state index is 14.8. The fraction of sp³-hybridized carbons (Fsp3) is 0.676. The second kappa shape index (κ2) is 15.8. The highest BCUT2D eigenvalue weighted by atomic mass is 19.1. The van der Waals surface area contributed by atoms with Gasteiger partial charge in [0.1, 0.15) is 23.0 Å². The number of nitrogens with one attached hydrogen (secondary N) is 1. The molecule has 0 radical (unpaired) electrons. The lowest BCUT2D eigenvalue weighted by atomic mass is 9.84. The molecule has 2 aromatic heterocycles. The van der Waals surface area contributed by atoms with E-state index in [1.54, 1.807) is 6.20 Å². The Morgan fingerprint density at radius 1 is 0.918 bits per heavy atom. The summed E-state index contributed by atoms with van der Waals surface area (Å²) in [4.78, 5) is 34.8. The number of nitrogens with zero attached hydrogens (tertiary/aromatic N) is 7. The number of hydrogen-bond donors (Lipinski definition) is 1. The number of fused-ring (bicyclic) bond motifs is 1. The highest BCUT2D eigenvalue weighted by Crippen LogP contribution is 2.38. The molecular formula is C37H52F2N8O2. The summed E-state index contributed by atoms with van der Waals surface area (Å²) in [7, 11) is 2.10. The topological polar surface area (TPSA) is 91.6 Å². The number of aromatic nitrogens is 4. The minimum Gasteiger partial charge on any atom is -0.377 e. The standard InChI is InChI=1S/C37H52F2N8O2/c1-44-17-19-46(20-18-44)36(48)27-7-10-29(11-8-27)47-35-33(42-37(47)41-32-14-9-28(38)24-31(32)39)25-40-34(43-35)23-26-5-12-30(13-6-26)49-22-21-45-15-3-2-4-16-45/h9,14,24-27,29-30H,2-8,10-13,15-23H2,1H3,(H,41,42). The number of carbonyl (C=O) groups excluding carboxylic acids is 1. The maximum Gasteiger partial charge on any atom is 0.225 e. The highest BCUT2D eigenvalue weighted by molar-refractivity contribution is 5.79. The zero-order valence-electron chi connectivity index (χ0n) is 29.0. The molecule has 4 fully saturated rings. The Labute approximate surface area is 288 Å². The van der Waals surface area contributed by atoms with Gasteiger partial charge in [0.2, 0.25) is 11.9 Å². The van der Waals surface area contributed by atoms with Crippen molar-refractivity contribution >= 4 is 28.7 Å². The van der Waals surface area contributed by atoms with Gasteiger partial charge in [-0.15, -0.1) is 0 Å². The molecule has 1 N–H and O–H groups in total. The van der Waals surface area contributed by atoms with Crippen LogP contribution in [0.15, 0.2) is 24.4 Å². The summed E-state index contributed by atoms with van der Waals surface area (Å²) >= 11 is 0. The normalized spacial score (nSPS) is 25.9. The van der Waals surface area contributed by atoms with Gasteiger partial charge in [-0.1, -0.05) is 6.42 Å². The average Bonchev–Trinajstić information content (AvgIpc) is 3.48. The fourth-order valence-corrected chi connectivity index (χ4v) is 8.33. The van der Waals surface area contributed by atoms with Crippen LogP contribution in [-0.4, -0.2) is 106 Å². The van der Waals surface area contributed by atoms with E-state index >= 15 is 0 Å². The van der Waals surface area contributed by atoms with E-state index in [1.807, 2.05) is 4.90 Å². The monoisotopic (exact) mass is 678 g/mol. The second-order valence-electron chi connectivity index (χ2n) is 14.8. The van der Waals surface area contributed by atoms with Gasteiger partial charge in [0.05, 0.1) is 24.6 Å². The van der Waals surface area contributed by atoms with E-state index in [0.717, 1.165) is 115 Å². The predicted molar refractivity (Wildman–Crippen MR) is 186 cm³/mol. The van der Waals surface area contributed by atoms with Gasteiger partial charge in [-0.3, -0.25) is 9.36 Å². The third-order valence-corrected chi connectivity index (χ3v) is 11.4. The van der Waals surface area contributed by atoms with Crippen molar-refractivity contribution in [2.75, 3.05) is 64.8 Å². The molecule has 2 aliphatic carbocycles. The minimum atomic E-state index is -0.682. The smallest absolute Gasteiger partial charge is 0.225 e. The van der Waals surface area contributed by atoms with Crippen LogP contribution in [0.5, 0.6) is 0 Å². The van der Waals surface area contributed by atoms with Crippen molar-refractivity contribution in [2.45, 2.75) is 89.2 Å². The van der Waals surface area contributed by atoms with E-state index < -0.39 is 11.6 Å². The molecule has 1 amide bonds. The quantitative estimate of drug-likeness (QED) is 0.281. The fourth-order valence-electron chi connectivity index (χ4n) is 8.33. The number of carbonyl (C=O) groups is 1. The van der Waals surface area contributed by atoms with Crippen LogP contribution < -0.4 is 5.32 Å². The van der Waals surface area contributed by atoms with Crippen LogP contribution in [0.25, 0.3) is 11.2 Å². The summed E-state index contributed by atoms with van der Waals surface area (Å²) in [6.07, 6.45) is 14.3. The van der Waals surface area contributed by atoms with E-state index in [0.29, 0.717) is 23.5 Å². The summed E-state index contributed by atoms with van der Waals surface area (Å²) in [5.74, 6) is 0.712. The zero-order valence-corrected chi connectivity index (χ0v) is 29.0. The van der Waals surface area contributed by atoms with Gasteiger partial charge in [0.15, 0.2) is 5.65 Å². The lowest BCUT2D eigenvalue weighted by Gasteiger charge is -2.37. The van der Waals surface area contributed by atoms with Gasteiger partial charge < -0.3 is 24.8 Å². The molecule has 2 aliphatic heterocycles. The van der Waals surface area contributed by atoms with Gasteiger partial charge >= 0.3 is 0 Å². The Kier molecular flexibility index (Phi) is 11.0. The number of halogens is 2. The Hall–Kier alpha value is -3.22. The van der Waals surface area contributed by atoms with Gasteiger partial charge in [-0.05, 0) is 102 Å². The summed E-state index contributed by atoms with van der Waals surface area (Å²) in [6.45, 7) is 7.66. The predicted octanol–water partition coefficient (Wildman–Crippen LogP) is 5.96. The van der Waals surface area contributed by atoms with E-state index in [1.165, 1.54) is 44.5 Å². The number of likely N-dealkylation sites (tertiary alicyclic amines) is 1. The second-order valence-corrected chi connectivity index (χ2v) is 14.8. The molecule has 0 spiro atoms. The number of ether oxygens (including phenoxy) is 1. The maximum absolute atomic E-state index is 14.8. The first-order chi connectivity index (χ1) is 23.9. The number of piperidine rings is 1. The summed E-state index contributed by atoms with van der Waals surface area (Å²) in [6, 6.07) is 3.54. The molecule has 1 aromatic carbocycles. The molecule has 4 heterocycles. The molecule has 12 heteroatoms. The molecule has 49 heavy (non-hydrogen) atoms. The summed E-state index contributed by atoms with van der Waals surface area (Å²) < 4.78 is 36.9. The lowest BCUT2D eigenvalue weighted by molar-refractivity contribution is -0.138. The molecule has 266 valence electrons. The van der Waals surface area contributed by atoms with Crippen molar-refractivity contribution in [3.8, 4) is 0 Å². The first-order valence-corrected chi connectivity index (χ1v) is 18.7. The molecule has 0 unspecified atom stereocenters. The summed E-state index contributed by atoms with van der Waals surface area (Å²) in [5, 5.41) is 3.13. The van der Waals surface area contributed by atoms with Gasteiger partial charge in [-0.25, -0.2) is 23.7 Å². The van der Waals surface area contributed by atoms with Crippen molar-refractivity contribution in [1.82, 2.24) is 34.2 Å². The number of amides is 1. The van der Waals surface area contributed by atoms with E-state index in [2.05, 4.69) is 26.7 Å². The Morgan fingerprint density at radius 3 is 2.41 bits per heavy atom. The third kappa shape index (κ3) is 8.40. The molecule has 2 saturated heterocycles. The Morgan fingerprint density at radius 2 is 1.67 bits per heavy atom. The number of hydrogen-bond acceptors (Lipinski definition) is 8. The number of rotatable bonds is 10. The first-order valence-electron chi connectivity index (χ1n) is 18.7. The molecule has 0 bridgehead atoms. The van der Waals surface area contributed by atoms with Crippen molar-refractivity contribution in [2.24, 2.45) is 11.8 Å². The Bertz CT molecular complexity index is 1560. The molecule has 4 aliphatic rings. The number of benzene rings is 1. The molecule has 0 atom stereocenters. The van der Waals surface area contributed by atoms with Crippen LogP contribution in [0.2, 0.25) is 0 Å². The van der Waals surface area contributed by atoms with Crippen LogP contribution in [0.1, 0.15) is 82.5 Å². The van der Waals surface area contributed by atoms with Gasteiger partial charge in [-0.2, -0.15) is 0 Å². The third-order valence-electron chi connectivity index (χ3n) is 11.4. The van der Waals surface area contributed by atoms with Crippen molar-refractivity contribution in [1.29, 1.82) is 0 Å². The number of likely N-dealkylation sites (N-methyl/N-ethyl adjacent to an activating group) is 1. The lowest BCUT2D eigenvalue weighted by Crippen LogP contribution is -2.49. The molecule has 10 nitrogen and oxygen atoms in total. The van der Waals surface area contributed by atoms with Gasteiger partial charge in [0.25, 0.3) is 0 Å². The first kappa shape index (κ1) is 34.2. The summed E-state index contributed by atoms with van der Waals surface area (Å²) in [5.41, 5.74) is 1.51. The average molecular weight is 679 g/mol. The molecule has 2 saturated carbocycles. The zero-order chi connectivity index (χ0) is 33.7. The molecule has 3 aromatic rings. The molecular weight excluding hydrogens is 626 g/mol. The van der Waals surface area contributed by atoms with Crippen molar-refractivity contribution in [3.63, 3.8) is 0 Å². The minimum absolute atomic E-state index is 0.00876.